The summed E-state index contributed by atoms with van der Waals surface area (Å²) in [5.41, 5.74) is 2.74. The number of hydrogen-bond acceptors (Lipinski definition) is 3. The van der Waals surface area contributed by atoms with E-state index in [2.05, 4.69) is 28.6 Å². The molecule has 1 aromatic heterocycles. The third-order valence-corrected chi connectivity index (χ3v) is 4.68. The number of unbranched alkanes of at least 4 members (excludes halogenated alkanes) is 1. The summed E-state index contributed by atoms with van der Waals surface area (Å²) in [5, 5.41) is 6.65. The first-order valence-electron chi connectivity index (χ1n) is 10.00. The number of amides is 2. The number of nitrogens with one attached hydrogen (secondary N) is 3. The summed E-state index contributed by atoms with van der Waals surface area (Å²) in [6.07, 6.45) is 4.76. The fraction of sp³-hybridized carbons (Fsp3) is 0.304. The molecule has 152 valence electrons. The molecule has 29 heavy (non-hydrogen) atoms. The normalized spacial score (nSPS) is 10.7. The molecule has 3 N–H and O–H groups in total. The van der Waals surface area contributed by atoms with Gasteiger partial charge < -0.3 is 20.4 Å². The smallest absolute Gasteiger partial charge is 0.251 e. The number of fused-ring (bicyclic) bond motifs is 1. The van der Waals surface area contributed by atoms with E-state index in [-0.39, 0.29) is 18.4 Å². The van der Waals surface area contributed by atoms with Crippen LogP contribution >= 0.6 is 0 Å². The Kier molecular flexibility index (Phi) is 7.28. The zero-order chi connectivity index (χ0) is 20.5. The second kappa shape index (κ2) is 10.3. The van der Waals surface area contributed by atoms with Crippen molar-refractivity contribution in [3.8, 4) is 5.75 Å². The van der Waals surface area contributed by atoms with Crippen LogP contribution in [0, 0.1) is 0 Å². The van der Waals surface area contributed by atoms with Gasteiger partial charge in [0.1, 0.15) is 5.75 Å². The van der Waals surface area contributed by atoms with Crippen LogP contribution in [0.25, 0.3) is 10.9 Å². The Labute approximate surface area is 170 Å². The Bertz CT molecular complexity index is 947. The topological polar surface area (TPSA) is 83.2 Å². The number of carbonyl (C=O) groups excluding carboxylic acids is 2. The van der Waals surface area contributed by atoms with Crippen LogP contribution in [-0.2, 0) is 11.2 Å². The quantitative estimate of drug-likeness (QED) is 0.462. The highest BCUT2D eigenvalue weighted by atomic mass is 16.5. The standard InChI is InChI=1S/C23H27N3O3/c1-2-3-14-29-19-10-8-17(9-11-19)23(28)26-16-22(27)24-13-12-18-15-25-21-7-5-4-6-20(18)21/h4-11,15,25H,2-3,12-14,16H2,1H3,(H,24,27)(H,26,28). The fourth-order valence-electron chi connectivity index (χ4n) is 3.04. The lowest BCUT2D eigenvalue weighted by molar-refractivity contribution is -0.120. The number of carbonyl (C=O) groups is 2. The largest absolute Gasteiger partial charge is 0.494 e. The van der Waals surface area contributed by atoms with E-state index in [0.717, 1.165) is 41.5 Å². The van der Waals surface area contributed by atoms with Crippen molar-refractivity contribution in [1.82, 2.24) is 15.6 Å². The Morgan fingerprint density at radius 2 is 1.83 bits per heavy atom. The summed E-state index contributed by atoms with van der Waals surface area (Å²) in [7, 11) is 0. The fourth-order valence-corrected chi connectivity index (χ4v) is 3.04. The number of benzene rings is 2. The monoisotopic (exact) mass is 393 g/mol. The lowest BCUT2D eigenvalue weighted by Crippen LogP contribution is -2.37. The predicted molar refractivity (Wildman–Crippen MR) is 114 cm³/mol. The zero-order valence-electron chi connectivity index (χ0n) is 16.7. The molecule has 0 atom stereocenters. The summed E-state index contributed by atoms with van der Waals surface area (Å²) < 4.78 is 5.58. The lowest BCUT2D eigenvalue weighted by atomic mass is 10.1. The molecule has 0 bridgehead atoms. The second-order valence-corrected chi connectivity index (χ2v) is 6.87. The molecule has 3 rings (SSSR count). The number of ether oxygens (including phenoxy) is 1. The van der Waals surface area contributed by atoms with E-state index in [4.69, 9.17) is 4.74 Å². The molecule has 3 aromatic rings. The van der Waals surface area contributed by atoms with Crippen LogP contribution in [-0.4, -0.2) is 36.5 Å². The van der Waals surface area contributed by atoms with E-state index in [9.17, 15) is 9.59 Å². The Balaban J connectivity index is 1.39. The van der Waals surface area contributed by atoms with Gasteiger partial charge in [-0.1, -0.05) is 31.5 Å². The van der Waals surface area contributed by atoms with Crippen LogP contribution < -0.4 is 15.4 Å². The SMILES string of the molecule is CCCCOc1ccc(C(=O)NCC(=O)NCCc2c[nH]c3ccccc23)cc1. The Morgan fingerprint density at radius 3 is 2.62 bits per heavy atom. The minimum Gasteiger partial charge on any atom is -0.494 e. The van der Waals surface area contributed by atoms with Gasteiger partial charge >= 0.3 is 0 Å². The molecule has 6 nitrogen and oxygen atoms in total. The average molecular weight is 393 g/mol. The molecule has 0 aliphatic carbocycles. The van der Waals surface area contributed by atoms with Crippen molar-refractivity contribution in [2.45, 2.75) is 26.2 Å². The summed E-state index contributed by atoms with van der Waals surface area (Å²) in [6, 6.07) is 15.0. The van der Waals surface area contributed by atoms with E-state index >= 15 is 0 Å². The molecule has 0 fully saturated rings. The van der Waals surface area contributed by atoms with Crippen molar-refractivity contribution >= 4 is 22.7 Å². The highest BCUT2D eigenvalue weighted by Crippen LogP contribution is 2.17. The number of hydrogen-bond donors (Lipinski definition) is 3. The van der Waals surface area contributed by atoms with Crippen molar-refractivity contribution in [2.75, 3.05) is 19.7 Å². The first-order chi connectivity index (χ1) is 14.2. The van der Waals surface area contributed by atoms with Gasteiger partial charge in [0.05, 0.1) is 13.2 Å². The van der Waals surface area contributed by atoms with Gasteiger partial charge in [-0.3, -0.25) is 9.59 Å². The molecule has 0 saturated heterocycles. The number of aromatic amines is 1. The van der Waals surface area contributed by atoms with Gasteiger partial charge in [-0.2, -0.15) is 0 Å². The van der Waals surface area contributed by atoms with Crippen molar-refractivity contribution in [3.63, 3.8) is 0 Å². The van der Waals surface area contributed by atoms with Gasteiger partial charge in [0.2, 0.25) is 5.91 Å². The number of aromatic nitrogens is 1. The van der Waals surface area contributed by atoms with Crippen LogP contribution in [0.2, 0.25) is 0 Å². The van der Waals surface area contributed by atoms with Crippen LogP contribution in [0.1, 0.15) is 35.7 Å². The molecular formula is C23H27N3O3. The summed E-state index contributed by atoms with van der Waals surface area (Å²) in [4.78, 5) is 27.4. The molecule has 1 heterocycles. The van der Waals surface area contributed by atoms with Crippen molar-refractivity contribution < 1.29 is 14.3 Å². The molecule has 0 saturated carbocycles. The molecule has 2 aromatic carbocycles. The van der Waals surface area contributed by atoms with Crippen LogP contribution in [0.15, 0.2) is 54.7 Å². The van der Waals surface area contributed by atoms with Gasteiger partial charge in [0.25, 0.3) is 5.91 Å². The van der Waals surface area contributed by atoms with E-state index in [1.54, 1.807) is 24.3 Å². The maximum Gasteiger partial charge on any atom is 0.251 e. The molecule has 2 amide bonds. The average Bonchev–Trinajstić information content (AvgIpc) is 3.16. The van der Waals surface area contributed by atoms with Gasteiger partial charge in [-0.05, 0) is 48.7 Å². The number of rotatable bonds is 10. The Morgan fingerprint density at radius 1 is 1.03 bits per heavy atom. The summed E-state index contributed by atoms with van der Waals surface area (Å²) >= 11 is 0. The van der Waals surface area contributed by atoms with Gasteiger partial charge in [0.15, 0.2) is 0 Å². The second-order valence-electron chi connectivity index (χ2n) is 6.87. The van der Waals surface area contributed by atoms with Crippen LogP contribution in [0.3, 0.4) is 0 Å². The molecule has 0 aliphatic rings. The zero-order valence-corrected chi connectivity index (χ0v) is 16.7. The summed E-state index contributed by atoms with van der Waals surface area (Å²) in [6.45, 7) is 3.23. The van der Waals surface area contributed by atoms with Gasteiger partial charge in [-0.15, -0.1) is 0 Å². The first-order valence-corrected chi connectivity index (χ1v) is 10.00. The molecule has 0 radical (unpaired) electrons. The molecule has 0 unspecified atom stereocenters. The van der Waals surface area contributed by atoms with E-state index < -0.39 is 0 Å². The minimum absolute atomic E-state index is 0.0541. The predicted octanol–water partition coefficient (Wildman–Crippen LogP) is 3.44. The molecule has 0 aliphatic heterocycles. The minimum atomic E-state index is -0.281. The molecule has 0 spiro atoms. The number of para-hydroxylation sites is 1. The van der Waals surface area contributed by atoms with Gasteiger partial charge in [0, 0.05) is 29.2 Å². The van der Waals surface area contributed by atoms with Crippen molar-refractivity contribution in [1.29, 1.82) is 0 Å². The molecular weight excluding hydrogens is 366 g/mol. The third kappa shape index (κ3) is 5.85. The van der Waals surface area contributed by atoms with Crippen molar-refractivity contribution in [2.24, 2.45) is 0 Å². The Hall–Kier alpha value is -3.28. The van der Waals surface area contributed by atoms with E-state index in [0.29, 0.717) is 18.7 Å². The van der Waals surface area contributed by atoms with E-state index in [1.165, 1.54) is 0 Å². The van der Waals surface area contributed by atoms with Gasteiger partial charge in [-0.25, -0.2) is 0 Å². The highest BCUT2D eigenvalue weighted by Gasteiger charge is 2.09. The third-order valence-electron chi connectivity index (χ3n) is 4.68. The number of H-pyrrole nitrogens is 1. The van der Waals surface area contributed by atoms with Crippen LogP contribution in [0.5, 0.6) is 5.75 Å². The lowest BCUT2D eigenvalue weighted by Gasteiger charge is -2.08. The summed E-state index contributed by atoms with van der Waals surface area (Å²) in [5.74, 6) is 0.250. The van der Waals surface area contributed by atoms with E-state index in [1.807, 2.05) is 24.4 Å². The maximum atomic E-state index is 12.2. The first kappa shape index (κ1) is 20.5. The maximum absolute atomic E-state index is 12.2. The molecule has 6 heteroatoms. The van der Waals surface area contributed by atoms with Crippen molar-refractivity contribution in [3.05, 3.63) is 65.9 Å². The highest BCUT2D eigenvalue weighted by molar-refractivity contribution is 5.96. The van der Waals surface area contributed by atoms with Crippen LogP contribution in [0.4, 0.5) is 0 Å².